The summed E-state index contributed by atoms with van der Waals surface area (Å²) in [5.74, 6) is 0.0160. The highest BCUT2D eigenvalue weighted by Gasteiger charge is 2.19. The van der Waals surface area contributed by atoms with Crippen molar-refractivity contribution in [3.05, 3.63) is 0 Å². The van der Waals surface area contributed by atoms with Gasteiger partial charge in [-0.25, -0.2) is 0 Å². The summed E-state index contributed by atoms with van der Waals surface area (Å²) in [6.07, 6.45) is 63.8. The number of rotatable bonds is 58. The second kappa shape index (κ2) is 57.3. The summed E-state index contributed by atoms with van der Waals surface area (Å²) in [5.41, 5.74) is 0. The van der Waals surface area contributed by atoms with Crippen LogP contribution in [-0.2, 0) is 28.6 Å². The third kappa shape index (κ3) is 57.2. The fourth-order valence-electron chi connectivity index (χ4n) is 9.81. The molecule has 0 aromatic rings. The Hall–Kier alpha value is -1.59. The van der Waals surface area contributed by atoms with Gasteiger partial charge in [-0.2, -0.15) is 0 Å². The van der Waals surface area contributed by atoms with Gasteiger partial charge in [0.1, 0.15) is 13.2 Å². The monoisotopic (exact) mass is 975 g/mol. The smallest absolute Gasteiger partial charge is 0.306 e. The first-order valence-corrected chi connectivity index (χ1v) is 31.4. The van der Waals surface area contributed by atoms with Crippen LogP contribution >= 0.6 is 0 Å². The molecule has 0 rings (SSSR count). The highest BCUT2D eigenvalue weighted by atomic mass is 16.6. The Morgan fingerprint density at radius 1 is 0.275 bits per heavy atom. The van der Waals surface area contributed by atoms with Crippen molar-refractivity contribution >= 4 is 17.9 Å². The lowest BCUT2D eigenvalue weighted by atomic mass is 10.0. The molecule has 0 fully saturated rings. The van der Waals surface area contributed by atoms with E-state index < -0.39 is 6.10 Å². The lowest BCUT2D eigenvalue weighted by Crippen LogP contribution is -2.30. The molecule has 0 spiro atoms. The van der Waals surface area contributed by atoms with E-state index in [1.54, 1.807) is 0 Å². The molecular formula is C63H122O6. The van der Waals surface area contributed by atoms with Crippen molar-refractivity contribution in [1.82, 2.24) is 0 Å². The van der Waals surface area contributed by atoms with E-state index in [2.05, 4.69) is 27.7 Å². The van der Waals surface area contributed by atoms with Gasteiger partial charge in [-0.1, -0.05) is 323 Å². The predicted octanol–water partition coefficient (Wildman–Crippen LogP) is 21.0. The molecule has 6 nitrogen and oxygen atoms in total. The summed E-state index contributed by atoms with van der Waals surface area (Å²) < 4.78 is 16.9. The molecule has 1 atom stereocenters. The van der Waals surface area contributed by atoms with Crippen molar-refractivity contribution in [2.24, 2.45) is 5.92 Å². The van der Waals surface area contributed by atoms with Crippen LogP contribution in [0.15, 0.2) is 0 Å². The summed E-state index contributed by atoms with van der Waals surface area (Å²) >= 11 is 0. The van der Waals surface area contributed by atoms with Crippen molar-refractivity contribution in [2.75, 3.05) is 13.2 Å². The van der Waals surface area contributed by atoms with Crippen molar-refractivity contribution in [3.63, 3.8) is 0 Å². The molecule has 0 aliphatic rings. The van der Waals surface area contributed by atoms with E-state index in [1.807, 2.05) is 0 Å². The van der Waals surface area contributed by atoms with Gasteiger partial charge in [0.05, 0.1) is 0 Å². The van der Waals surface area contributed by atoms with Gasteiger partial charge in [0.15, 0.2) is 6.10 Å². The molecule has 410 valence electrons. The Labute approximate surface area is 431 Å². The fraction of sp³-hybridized carbons (Fsp3) is 0.952. The van der Waals surface area contributed by atoms with E-state index in [-0.39, 0.29) is 31.1 Å². The van der Waals surface area contributed by atoms with E-state index in [1.165, 1.54) is 257 Å². The van der Waals surface area contributed by atoms with Gasteiger partial charge in [0, 0.05) is 19.3 Å². The van der Waals surface area contributed by atoms with E-state index in [0.29, 0.717) is 19.3 Å². The maximum absolute atomic E-state index is 12.9. The Kier molecular flexibility index (Phi) is 56.0. The van der Waals surface area contributed by atoms with Crippen LogP contribution in [0.5, 0.6) is 0 Å². The first kappa shape index (κ1) is 67.4. The molecule has 0 aromatic carbocycles. The average molecular weight is 976 g/mol. The Bertz CT molecular complexity index is 1040. The molecule has 0 aromatic heterocycles. The van der Waals surface area contributed by atoms with Crippen LogP contribution in [0.3, 0.4) is 0 Å². The van der Waals surface area contributed by atoms with Crippen molar-refractivity contribution in [1.29, 1.82) is 0 Å². The Balaban J connectivity index is 4.28. The SMILES string of the molecule is CCCCCCCCCCCCCCCCCCCCCC(=O)O[C@@H](COC(=O)CCCCCCCCCCCCCCCCC)COC(=O)CCCCCCCCCCCCCCCCC(C)C. The van der Waals surface area contributed by atoms with Gasteiger partial charge >= 0.3 is 17.9 Å². The standard InChI is InChI=1S/C63H122O6/c1-5-7-9-11-13-15-17-19-21-22-23-24-26-32-36-40-44-48-52-56-63(66)69-60(57-67-61(64)54-50-46-42-38-34-30-25-20-18-16-14-12-10-8-6-2)58-68-62(65)55-51-47-43-39-35-31-28-27-29-33-37-41-45-49-53-59(3)4/h59-60H,5-58H2,1-4H3/t60-/m0/s1. The van der Waals surface area contributed by atoms with Crippen LogP contribution in [0.25, 0.3) is 0 Å². The van der Waals surface area contributed by atoms with Crippen LogP contribution in [-0.4, -0.2) is 37.2 Å². The van der Waals surface area contributed by atoms with Gasteiger partial charge in [-0.15, -0.1) is 0 Å². The lowest BCUT2D eigenvalue weighted by Gasteiger charge is -2.18. The third-order valence-corrected chi connectivity index (χ3v) is 14.5. The van der Waals surface area contributed by atoms with E-state index in [4.69, 9.17) is 14.2 Å². The van der Waals surface area contributed by atoms with E-state index >= 15 is 0 Å². The van der Waals surface area contributed by atoms with Crippen LogP contribution in [0.2, 0.25) is 0 Å². The largest absolute Gasteiger partial charge is 0.462 e. The number of hydrogen-bond donors (Lipinski definition) is 0. The summed E-state index contributed by atoms with van der Waals surface area (Å²) in [6, 6.07) is 0. The number of carbonyl (C=O) groups is 3. The van der Waals surface area contributed by atoms with Crippen LogP contribution in [0.4, 0.5) is 0 Å². The Morgan fingerprint density at radius 3 is 0.710 bits per heavy atom. The molecule has 6 heteroatoms. The number of ether oxygens (including phenoxy) is 3. The minimum atomic E-state index is -0.763. The van der Waals surface area contributed by atoms with E-state index in [0.717, 1.165) is 63.7 Å². The van der Waals surface area contributed by atoms with Gasteiger partial charge < -0.3 is 14.2 Å². The molecule has 0 saturated heterocycles. The van der Waals surface area contributed by atoms with Crippen molar-refractivity contribution in [2.45, 2.75) is 368 Å². The van der Waals surface area contributed by atoms with Gasteiger partial charge in [0.2, 0.25) is 0 Å². The molecule has 0 aliphatic heterocycles. The van der Waals surface area contributed by atoms with Crippen LogP contribution < -0.4 is 0 Å². The summed E-state index contributed by atoms with van der Waals surface area (Å²) in [5, 5.41) is 0. The number of hydrogen-bond acceptors (Lipinski definition) is 6. The fourth-order valence-corrected chi connectivity index (χ4v) is 9.81. The molecule has 0 N–H and O–H groups in total. The molecule has 0 unspecified atom stereocenters. The average Bonchev–Trinajstić information content (AvgIpc) is 3.34. The second-order valence-corrected chi connectivity index (χ2v) is 22.2. The number of unbranched alkanes of at least 4 members (excludes halogenated alkanes) is 45. The highest BCUT2D eigenvalue weighted by Crippen LogP contribution is 2.19. The van der Waals surface area contributed by atoms with Crippen LogP contribution in [0, 0.1) is 5.92 Å². The first-order valence-electron chi connectivity index (χ1n) is 31.4. The maximum atomic E-state index is 12.9. The highest BCUT2D eigenvalue weighted by molar-refractivity contribution is 5.71. The summed E-state index contributed by atoms with van der Waals surface area (Å²) in [7, 11) is 0. The van der Waals surface area contributed by atoms with E-state index in [9.17, 15) is 14.4 Å². The predicted molar refractivity (Wildman–Crippen MR) is 298 cm³/mol. The molecule has 0 saturated carbocycles. The lowest BCUT2D eigenvalue weighted by molar-refractivity contribution is -0.167. The third-order valence-electron chi connectivity index (χ3n) is 14.5. The molecule has 0 radical (unpaired) electrons. The maximum Gasteiger partial charge on any atom is 0.306 e. The Morgan fingerprint density at radius 2 is 0.478 bits per heavy atom. The van der Waals surface area contributed by atoms with Crippen molar-refractivity contribution < 1.29 is 28.6 Å². The van der Waals surface area contributed by atoms with Gasteiger partial charge in [0.25, 0.3) is 0 Å². The zero-order valence-electron chi connectivity index (χ0n) is 47.3. The molecule has 0 aliphatic carbocycles. The first-order chi connectivity index (χ1) is 33.9. The minimum Gasteiger partial charge on any atom is -0.462 e. The molecule has 0 amide bonds. The minimum absolute atomic E-state index is 0.0613. The molecule has 0 heterocycles. The van der Waals surface area contributed by atoms with Gasteiger partial charge in [-0.3, -0.25) is 14.4 Å². The quantitative estimate of drug-likeness (QED) is 0.0343. The second-order valence-electron chi connectivity index (χ2n) is 22.2. The molecule has 69 heavy (non-hydrogen) atoms. The van der Waals surface area contributed by atoms with Gasteiger partial charge in [-0.05, 0) is 25.2 Å². The molecule has 0 bridgehead atoms. The topological polar surface area (TPSA) is 78.9 Å². The number of carbonyl (C=O) groups excluding carboxylic acids is 3. The summed E-state index contributed by atoms with van der Waals surface area (Å²) in [4.78, 5) is 38.3. The zero-order chi connectivity index (χ0) is 50.2. The summed E-state index contributed by atoms with van der Waals surface area (Å²) in [6.45, 7) is 9.09. The van der Waals surface area contributed by atoms with Crippen molar-refractivity contribution in [3.8, 4) is 0 Å². The molecular weight excluding hydrogens is 853 g/mol. The zero-order valence-corrected chi connectivity index (χ0v) is 47.3. The number of esters is 3. The van der Waals surface area contributed by atoms with Crippen LogP contribution in [0.1, 0.15) is 362 Å². The normalized spacial score (nSPS) is 12.0.